The van der Waals surface area contributed by atoms with Crippen LogP contribution in [0.3, 0.4) is 0 Å². The summed E-state index contributed by atoms with van der Waals surface area (Å²) in [5, 5.41) is 4.16. The maximum Gasteiger partial charge on any atom is 0.210 e. The minimum absolute atomic E-state index is 0.00276. The van der Waals surface area contributed by atoms with Crippen molar-refractivity contribution in [2.24, 2.45) is 0 Å². The van der Waals surface area contributed by atoms with Gasteiger partial charge in [0.15, 0.2) is 0 Å². The van der Waals surface area contributed by atoms with Crippen LogP contribution in [-0.2, 0) is 16.0 Å². The molecule has 1 aliphatic heterocycles. The predicted octanol–water partition coefficient (Wildman–Crippen LogP) is 1.65. The number of hydrogen-bond acceptors (Lipinski definition) is 4. The van der Waals surface area contributed by atoms with Gasteiger partial charge < -0.3 is 9.47 Å². The number of Topliss-reactive ketones (excluding diaryl/α,β-unsaturated/α-hetero) is 1. The number of methoxy groups -OCH3 is 1. The second-order valence-electron chi connectivity index (χ2n) is 3.92. The second-order valence-corrected chi connectivity index (χ2v) is 4.78. The molecule has 0 spiro atoms. The van der Waals surface area contributed by atoms with Crippen LogP contribution in [0.15, 0.2) is 10.7 Å². The van der Waals surface area contributed by atoms with Crippen molar-refractivity contribution in [1.82, 2.24) is 9.78 Å². The van der Waals surface area contributed by atoms with Crippen LogP contribution < -0.4 is 0 Å². The van der Waals surface area contributed by atoms with Gasteiger partial charge in [0.25, 0.3) is 0 Å². The van der Waals surface area contributed by atoms with Gasteiger partial charge in [0.05, 0.1) is 23.8 Å². The van der Waals surface area contributed by atoms with E-state index in [1.165, 1.54) is 0 Å². The summed E-state index contributed by atoms with van der Waals surface area (Å²) < 4.78 is 12.8. The fraction of sp³-hybridized carbons (Fsp3) is 0.636. The zero-order valence-corrected chi connectivity index (χ0v) is 11.3. The van der Waals surface area contributed by atoms with E-state index >= 15 is 0 Å². The Kier molecular flexibility index (Phi) is 4.31. The van der Waals surface area contributed by atoms with Crippen LogP contribution in [0, 0.1) is 0 Å². The molecule has 2 rings (SSSR count). The predicted molar refractivity (Wildman–Crippen MR) is 65.1 cm³/mol. The lowest BCUT2D eigenvalue weighted by molar-refractivity contribution is 0.0628. The summed E-state index contributed by atoms with van der Waals surface area (Å²) >= 11 is 3.36. The molecule has 0 radical (unpaired) electrons. The zero-order valence-electron chi connectivity index (χ0n) is 9.69. The van der Waals surface area contributed by atoms with E-state index in [9.17, 15) is 4.79 Å². The van der Waals surface area contributed by atoms with Crippen molar-refractivity contribution in [2.45, 2.75) is 25.5 Å². The number of nitrogens with zero attached hydrogens (tertiary/aromatic N) is 2. The monoisotopic (exact) mass is 302 g/mol. The zero-order chi connectivity index (χ0) is 12.3. The van der Waals surface area contributed by atoms with Gasteiger partial charge in [-0.3, -0.25) is 9.48 Å². The van der Waals surface area contributed by atoms with Crippen molar-refractivity contribution in [3.8, 4) is 0 Å². The Morgan fingerprint density at radius 3 is 3.24 bits per heavy atom. The largest absolute Gasteiger partial charge is 0.383 e. The molecule has 0 saturated carbocycles. The van der Waals surface area contributed by atoms with E-state index in [1.54, 1.807) is 18.0 Å². The van der Waals surface area contributed by atoms with Crippen LogP contribution in [0.4, 0.5) is 0 Å². The smallest absolute Gasteiger partial charge is 0.210 e. The van der Waals surface area contributed by atoms with Crippen molar-refractivity contribution < 1.29 is 14.3 Å². The minimum Gasteiger partial charge on any atom is -0.383 e. The molecule has 1 saturated heterocycles. The van der Waals surface area contributed by atoms with Gasteiger partial charge in [-0.2, -0.15) is 5.10 Å². The van der Waals surface area contributed by atoms with Gasteiger partial charge >= 0.3 is 0 Å². The number of halogens is 1. The highest BCUT2D eigenvalue weighted by molar-refractivity contribution is 9.10. The summed E-state index contributed by atoms with van der Waals surface area (Å²) in [5.74, 6) is 0.00276. The third kappa shape index (κ3) is 2.75. The number of ether oxygens (including phenoxy) is 2. The minimum atomic E-state index is -0.315. The van der Waals surface area contributed by atoms with E-state index in [1.807, 2.05) is 0 Å². The van der Waals surface area contributed by atoms with Crippen molar-refractivity contribution in [3.63, 3.8) is 0 Å². The highest BCUT2D eigenvalue weighted by Crippen LogP contribution is 2.23. The molecule has 1 aromatic heterocycles. The van der Waals surface area contributed by atoms with Gasteiger partial charge in [0, 0.05) is 13.7 Å². The molecule has 0 N–H and O–H groups in total. The molecule has 5 nitrogen and oxygen atoms in total. The molecule has 94 valence electrons. The molecule has 1 fully saturated rings. The fourth-order valence-corrected chi connectivity index (χ4v) is 2.38. The molecule has 17 heavy (non-hydrogen) atoms. The molecule has 0 amide bonds. The number of ketones is 1. The van der Waals surface area contributed by atoms with Crippen molar-refractivity contribution in [3.05, 3.63) is 16.4 Å². The van der Waals surface area contributed by atoms with Crippen molar-refractivity contribution in [1.29, 1.82) is 0 Å². The molecular formula is C11H15BrN2O3. The molecule has 0 bridgehead atoms. The Balaban J connectivity index is 2.17. The highest BCUT2D eigenvalue weighted by atomic mass is 79.9. The molecule has 2 heterocycles. The Bertz CT molecular complexity index is 399. The maximum absolute atomic E-state index is 12.3. The van der Waals surface area contributed by atoms with Crippen molar-refractivity contribution >= 4 is 21.7 Å². The third-order valence-corrected chi connectivity index (χ3v) is 3.34. The van der Waals surface area contributed by atoms with E-state index in [2.05, 4.69) is 21.0 Å². The van der Waals surface area contributed by atoms with Crippen LogP contribution >= 0.6 is 15.9 Å². The Morgan fingerprint density at radius 2 is 2.59 bits per heavy atom. The van der Waals surface area contributed by atoms with E-state index in [4.69, 9.17) is 9.47 Å². The lowest BCUT2D eigenvalue weighted by atomic mass is 10.1. The summed E-state index contributed by atoms with van der Waals surface area (Å²) in [6.45, 7) is 1.76. The Hall–Kier alpha value is -0.720. The second kappa shape index (κ2) is 5.75. The summed E-state index contributed by atoms with van der Waals surface area (Å²) in [6, 6.07) is 0. The van der Waals surface area contributed by atoms with Gasteiger partial charge in [-0.25, -0.2) is 0 Å². The molecule has 0 aromatic carbocycles. The Morgan fingerprint density at radius 1 is 1.76 bits per heavy atom. The Labute approximate surface area is 108 Å². The summed E-state index contributed by atoms with van der Waals surface area (Å²) in [4.78, 5) is 12.3. The summed E-state index contributed by atoms with van der Waals surface area (Å²) in [5.41, 5.74) is 0.578. The fourth-order valence-electron chi connectivity index (χ4n) is 1.89. The van der Waals surface area contributed by atoms with Crippen LogP contribution in [0.25, 0.3) is 0 Å². The van der Waals surface area contributed by atoms with Crippen LogP contribution in [0.5, 0.6) is 0 Å². The summed E-state index contributed by atoms with van der Waals surface area (Å²) in [6.07, 6.45) is 3.06. The van der Waals surface area contributed by atoms with E-state index < -0.39 is 0 Å². The number of aromatic nitrogens is 2. The van der Waals surface area contributed by atoms with E-state index in [0.29, 0.717) is 29.9 Å². The molecule has 0 aliphatic carbocycles. The van der Waals surface area contributed by atoms with E-state index in [0.717, 1.165) is 12.8 Å². The molecule has 1 aromatic rings. The number of hydrogen-bond donors (Lipinski definition) is 0. The maximum atomic E-state index is 12.3. The molecular weight excluding hydrogens is 288 g/mol. The third-order valence-electron chi connectivity index (χ3n) is 2.76. The highest BCUT2D eigenvalue weighted by Gasteiger charge is 2.29. The first-order valence-corrected chi connectivity index (χ1v) is 6.39. The normalized spacial score (nSPS) is 19.8. The first-order chi connectivity index (χ1) is 8.24. The van der Waals surface area contributed by atoms with E-state index in [-0.39, 0.29) is 11.9 Å². The molecule has 1 unspecified atom stereocenters. The first-order valence-electron chi connectivity index (χ1n) is 5.60. The van der Waals surface area contributed by atoms with Gasteiger partial charge in [-0.05, 0) is 28.8 Å². The number of rotatable bonds is 5. The van der Waals surface area contributed by atoms with Crippen molar-refractivity contribution in [2.75, 3.05) is 20.3 Å². The van der Waals surface area contributed by atoms with Crippen LogP contribution in [0.1, 0.15) is 23.3 Å². The van der Waals surface area contributed by atoms with Gasteiger partial charge in [-0.1, -0.05) is 0 Å². The lowest BCUT2D eigenvalue weighted by Gasteiger charge is -2.11. The standard InChI is InChI=1S/C11H15BrN2O3/c1-16-6-4-14-10(8(12)7-13-14)11(15)9-3-2-5-17-9/h7,9H,2-6H2,1H3. The summed E-state index contributed by atoms with van der Waals surface area (Å²) in [7, 11) is 1.63. The van der Waals surface area contributed by atoms with Gasteiger partial charge in [0.2, 0.25) is 5.78 Å². The lowest BCUT2D eigenvalue weighted by Crippen LogP contribution is -2.24. The average Bonchev–Trinajstić information content (AvgIpc) is 2.95. The molecule has 6 heteroatoms. The molecule has 1 atom stereocenters. The number of carbonyl (C=O) groups is 1. The quantitative estimate of drug-likeness (QED) is 0.776. The average molecular weight is 303 g/mol. The first kappa shape index (κ1) is 12.7. The van der Waals surface area contributed by atoms with Crippen LogP contribution in [0.2, 0.25) is 0 Å². The van der Waals surface area contributed by atoms with Gasteiger partial charge in [-0.15, -0.1) is 0 Å². The van der Waals surface area contributed by atoms with Crippen LogP contribution in [-0.4, -0.2) is 42.0 Å². The SMILES string of the molecule is COCCn1ncc(Br)c1C(=O)C1CCCO1. The topological polar surface area (TPSA) is 53.4 Å². The van der Waals surface area contributed by atoms with Gasteiger partial charge in [0.1, 0.15) is 11.8 Å². The number of carbonyl (C=O) groups excluding carboxylic acids is 1. The molecule has 1 aliphatic rings.